The first kappa shape index (κ1) is 16.2. The molecule has 0 spiro atoms. The van der Waals surface area contributed by atoms with E-state index in [9.17, 15) is 14.4 Å². The normalized spacial score (nSPS) is 18.0. The van der Waals surface area contributed by atoms with Gasteiger partial charge in [-0.2, -0.15) is 0 Å². The number of hydrogen-bond donors (Lipinski definition) is 2. The quantitative estimate of drug-likeness (QED) is 0.613. The minimum absolute atomic E-state index is 0.0408. The summed E-state index contributed by atoms with van der Waals surface area (Å²) in [6.45, 7) is 0. The summed E-state index contributed by atoms with van der Waals surface area (Å²) < 4.78 is 1.83. The van der Waals surface area contributed by atoms with E-state index in [0.29, 0.717) is 0 Å². The minimum atomic E-state index is -1.51. The zero-order valence-corrected chi connectivity index (χ0v) is 13.1. The van der Waals surface area contributed by atoms with Crippen LogP contribution in [-0.2, 0) is 21.4 Å². The van der Waals surface area contributed by atoms with Crippen molar-refractivity contribution in [1.29, 1.82) is 0 Å². The Labute approximate surface area is 135 Å². The first-order chi connectivity index (χ1) is 10.3. The summed E-state index contributed by atoms with van der Waals surface area (Å²) in [4.78, 5) is 35.5. The highest BCUT2D eigenvalue weighted by molar-refractivity contribution is 8.26. The Hall–Kier alpha value is -2.13. The van der Waals surface area contributed by atoms with Crippen LogP contribution >= 0.6 is 24.0 Å². The maximum atomic E-state index is 12.4. The van der Waals surface area contributed by atoms with Crippen LogP contribution in [0.4, 0.5) is 0 Å². The molecule has 1 aromatic rings. The Kier molecular flexibility index (Phi) is 4.67. The van der Waals surface area contributed by atoms with Crippen molar-refractivity contribution in [3.8, 4) is 0 Å². The maximum Gasteiger partial charge on any atom is 0.327 e. The number of carboxylic acid groups (broad SMARTS) is 2. The number of carbonyl (C=O) groups excluding carboxylic acids is 1. The Morgan fingerprint density at radius 2 is 2.14 bits per heavy atom. The second-order valence-corrected chi connectivity index (χ2v) is 6.22. The molecule has 2 rings (SSSR count). The minimum Gasteiger partial charge on any atom is -0.481 e. The molecule has 2 heterocycles. The highest BCUT2D eigenvalue weighted by atomic mass is 32.2. The van der Waals surface area contributed by atoms with Gasteiger partial charge in [0, 0.05) is 18.9 Å². The fraction of sp³-hybridized carbons (Fsp3) is 0.231. The number of rotatable bonds is 5. The van der Waals surface area contributed by atoms with E-state index in [1.165, 1.54) is 0 Å². The van der Waals surface area contributed by atoms with Gasteiger partial charge in [-0.1, -0.05) is 24.0 Å². The molecule has 2 N–H and O–H groups in total. The number of hydrogen-bond acceptors (Lipinski definition) is 5. The van der Waals surface area contributed by atoms with Gasteiger partial charge in [-0.3, -0.25) is 14.5 Å². The maximum absolute atomic E-state index is 12.4. The van der Waals surface area contributed by atoms with Crippen LogP contribution in [0, 0.1) is 0 Å². The van der Waals surface area contributed by atoms with Crippen LogP contribution in [0.5, 0.6) is 0 Å². The molecule has 1 amide bonds. The van der Waals surface area contributed by atoms with Crippen molar-refractivity contribution >= 4 is 52.2 Å². The first-order valence-corrected chi connectivity index (χ1v) is 7.36. The number of amides is 1. The van der Waals surface area contributed by atoms with Gasteiger partial charge in [0.1, 0.15) is 10.4 Å². The van der Waals surface area contributed by atoms with Crippen LogP contribution in [0.25, 0.3) is 6.08 Å². The number of aliphatic carboxylic acids is 2. The molecule has 0 saturated carbocycles. The summed E-state index contributed by atoms with van der Waals surface area (Å²) >= 11 is 6.00. The van der Waals surface area contributed by atoms with Gasteiger partial charge in [0.05, 0.1) is 11.3 Å². The average Bonchev–Trinajstić information content (AvgIpc) is 2.93. The molecule has 0 aliphatic carbocycles. The van der Waals surface area contributed by atoms with Crippen LogP contribution in [0.1, 0.15) is 12.1 Å². The van der Waals surface area contributed by atoms with Gasteiger partial charge in [0.25, 0.3) is 5.91 Å². The van der Waals surface area contributed by atoms with Crippen LogP contribution in [0.2, 0.25) is 0 Å². The molecule has 9 heteroatoms. The lowest BCUT2D eigenvalue weighted by Gasteiger charge is -2.21. The number of nitrogens with zero attached hydrogens (tertiary/aromatic N) is 2. The van der Waals surface area contributed by atoms with E-state index < -0.39 is 30.3 Å². The molecule has 0 aromatic carbocycles. The number of carbonyl (C=O) groups is 3. The molecule has 7 nitrogen and oxygen atoms in total. The van der Waals surface area contributed by atoms with Crippen LogP contribution in [0.15, 0.2) is 23.2 Å². The van der Waals surface area contributed by atoms with Gasteiger partial charge in [-0.05, 0) is 18.2 Å². The largest absolute Gasteiger partial charge is 0.481 e. The zero-order valence-electron chi connectivity index (χ0n) is 11.4. The molecule has 1 aliphatic rings. The summed E-state index contributed by atoms with van der Waals surface area (Å²) in [6.07, 6.45) is 2.69. The average molecular weight is 340 g/mol. The fourth-order valence-corrected chi connectivity index (χ4v) is 3.30. The lowest BCUT2D eigenvalue weighted by molar-refractivity contribution is -0.150. The smallest absolute Gasteiger partial charge is 0.327 e. The van der Waals surface area contributed by atoms with Crippen molar-refractivity contribution in [2.75, 3.05) is 0 Å². The predicted molar refractivity (Wildman–Crippen MR) is 84.1 cm³/mol. The summed E-state index contributed by atoms with van der Waals surface area (Å²) in [6, 6.07) is 2.08. The van der Waals surface area contributed by atoms with Crippen molar-refractivity contribution in [2.45, 2.75) is 12.5 Å². The van der Waals surface area contributed by atoms with Crippen molar-refractivity contribution in [3.63, 3.8) is 0 Å². The second kappa shape index (κ2) is 6.32. The number of aromatic nitrogens is 1. The third-order valence-corrected chi connectivity index (χ3v) is 4.38. The van der Waals surface area contributed by atoms with Gasteiger partial charge < -0.3 is 14.8 Å². The molecule has 0 bridgehead atoms. The predicted octanol–water partition coefficient (Wildman–Crippen LogP) is 1.15. The van der Waals surface area contributed by atoms with Crippen molar-refractivity contribution < 1.29 is 24.6 Å². The lowest BCUT2D eigenvalue weighted by Crippen LogP contribution is -2.45. The molecule has 22 heavy (non-hydrogen) atoms. The van der Waals surface area contributed by atoms with Crippen LogP contribution in [0.3, 0.4) is 0 Å². The highest BCUT2D eigenvalue weighted by Crippen LogP contribution is 2.34. The molecule has 1 aromatic heterocycles. The van der Waals surface area contributed by atoms with Crippen molar-refractivity contribution in [2.24, 2.45) is 7.05 Å². The summed E-state index contributed by atoms with van der Waals surface area (Å²) in [7, 11) is 1.80. The Balaban J connectivity index is 2.32. The Morgan fingerprint density at radius 1 is 1.45 bits per heavy atom. The second-order valence-electron chi connectivity index (χ2n) is 4.55. The van der Waals surface area contributed by atoms with Gasteiger partial charge in [0.2, 0.25) is 0 Å². The summed E-state index contributed by atoms with van der Waals surface area (Å²) in [5.41, 5.74) is 0.755. The van der Waals surface area contributed by atoms with Crippen LogP contribution in [-0.4, -0.2) is 47.9 Å². The number of thioether (sulfide) groups is 1. The molecule has 116 valence electrons. The molecule has 1 aliphatic heterocycles. The lowest BCUT2D eigenvalue weighted by atomic mass is 10.2. The SMILES string of the molecule is Cn1cccc1/C=C1\SC(=S)N([C@@H](CC(=O)O)C(=O)O)C1=O. The van der Waals surface area contributed by atoms with E-state index in [4.69, 9.17) is 22.4 Å². The van der Waals surface area contributed by atoms with E-state index in [1.54, 1.807) is 36.0 Å². The molecule has 1 fully saturated rings. The molecule has 0 unspecified atom stereocenters. The molecule has 1 saturated heterocycles. The monoisotopic (exact) mass is 340 g/mol. The third kappa shape index (κ3) is 3.20. The zero-order chi connectivity index (χ0) is 16.4. The van der Waals surface area contributed by atoms with Gasteiger partial charge in [-0.25, -0.2) is 4.79 Å². The van der Waals surface area contributed by atoms with Gasteiger partial charge in [-0.15, -0.1) is 0 Å². The van der Waals surface area contributed by atoms with Crippen LogP contribution < -0.4 is 0 Å². The molecular weight excluding hydrogens is 328 g/mol. The Bertz CT molecular complexity index is 694. The molecular formula is C13H12N2O5S2. The van der Waals surface area contributed by atoms with E-state index in [2.05, 4.69) is 0 Å². The van der Waals surface area contributed by atoms with E-state index >= 15 is 0 Å². The summed E-state index contributed by atoms with van der Waals surface area (Å²) in [5, 5.41) is 18.0. The van der Waals surface area contributed by atoms with Crippen molar-refractivity contribution in [1.82, 2.24) is 9.47 Å². The first-order valence-electron chi connectivity index (χ1n) is 6.14. The van der Waals surface area contributed by atoms with E-state index in [0.717, 1.165) is 22.4 Å². The van der Waals surface area contributed by atoms with Crippen molar-refractivity contribution in [3.05, 3.63) is 28.9 Å². The standard InChI is InChI=1S/C13H12N2O5S2/c1-14-4-2-3-7(14)5-9-11(18)15(13(21)22-9)8(12(19)20)6-10(16)17/h2-5,8H,6H2,1H3,(H,16,17)(H,19,20)/b9-5-/t8-/m0/s1. The fourth-order valence-electron chi connectivity index (χ4n) is 1.96. The molecule has 0 radical (unpaired) electrons. The number of carboxylic acids is 2. The number of thiocarbonyl (C=S) groups is 1. The third-order valence-electron chi connectivity index (χ3n) is 3.05. The van der Waals surface area contributed by atoms with E-state index in [-0.39, 0.29) is 9.23 Å². The van der Waals surface area contributed by atoms with Gasteiger partial charge in [0.15, 0.2) is 0 Å². The topological polar surface area (TPSA) is 99.8 Å². The highest BCUT2D eigenvalue weighted by Gasteiger charge is 2.41. The Morgan fingerprint density at radius 3 is 2.64 bits per heavy atom. The van der Waals surface area contributed by atoms with Gasteiger partial charge >= 0.3 is 11.9 Å². The molecule has 1 atom stereocenters. The number of aryl methyl sites for hydroxylation is 1. The van der Waals surface area contributed by atoms with E-state index in [1.807, 2.05) is 0 Å². The summed E-state index contributed by atoms with van der Waals surface area (Å²) in [5.74, 6) is -3.31.